The van der Waals surface area contributed by atoms with Gasteiger partial charge in [0.25, 0.3) is 0 Å². The number of rotatable bonds is 6. The van der Waals surface area contributed by atoms with E-state index in [2.05, 4.69) is 10.3 Å². The Bertz CT molecular complexity index is 751. The molecule has 141 valence electrons. The van der Waals surface area contributed by atoms with Gasteiger partial charge in [0.2, 0.25) is 0 Å². The van der Waals surface area contributed by atoms with Crippen LogP contribution in [0.4, 0.5) is 10.5 Å². The van der Waals surface area contributed by atoms with Gasteiger partial charge in [-0.15, -0.1) is 0 Å². The zero-order chi connectivity index (χ0) is 19.1. The molecule has 27 heavy (non-hydrogen) atoms. The Labute approximate surface area is 158 Å². The maximum absolute atomic E-state index is 12.9. The van der Waals surface area contributed by atoms with Crippen molar-refractivity contribution in [3.05, 3.63) is 67.0 Å². The number of hydrogen-bond acceptors (Lipinski definition) is 6. The molecule has 0 spiro atoms. The fourth-order valence-electron chi connectivity index (χ4n) is 3.27. The molecule has 1 N–H and O–H groups in total. The largest absolute Gasteiger partial charge is 0.509 e. The summed E-state index contributed by atoms with van der Waals surface area (Å²) in [5, 5.41) is 3.22. The van der Waals surface area contributed by atoms with E-state index in [-0.39, 0.29) is 11.7 Å². The van der Waals surface area contributed by atoms with Crippen molar-refractivity contribution in [1.82, 2.24) is 4.98 Å². The molecule has 0 saturated heterocycles. The van der Waals surface area contributed by atoms with Crippen LogP contribution in [0.1, 0.15) is 37.7 Å². The molecule has 6 heteroatoms. The molecule has 3 unspecified atom stereocenters. The van der Waals surface area contributed by atoms with Gasteiger partial charge in [-0.2, -0.15) is 0 Å². The van der Waals surface area contributed by atoms with E-state index in [9.17, 15) is 9.59 Å². The molecule has 1 fully saturated rings. The lowest BCUT2D eigenvalue weighted by molar-refractivity contribution is -0.132. The molecule has 1 aromatic heterocycles. The second-order valence-corrected chi connectivity index (χ2v) is 6.47. The van der Waals surface area contributed by atoms with E-state index in [1.54, 1.807) is 18.5 Å². The van der Waals surface area contributed by atoms with Crippen LogP contribution in [0.5, 0.6) is 0 Å². The number of aromatic nitrogens is 1. The smallest absolute Gasteiger partial charge is 0.427 e. The lowest BCUT2D eigenvalue weighted by Crippen LogP contribution is -2.46. The summed E-state index contributed by atoms with van der Waals surface area (Å²) in [7, 11) is 0. The fourth-order valence-corrected chi connectivity index (χ4v) is 3.27. The van der Waals surface area contributed by atoms with Crippen molar-refractivity contribution in [2.24, 2.45) is 0 Å². The van der Waals surface area contributed by atoms with Crippen molar-refractivity contribution in [3.63, 3.8) is 0 Å². The Kier molecular flexibility index (Phi) is 6.41. The molecule has 0 bridgehead atoms. The predicted octanol–water partition coefficient (Wildman–Crippen LogP) is 4.10. The van der Waals surface area contributed by atoms with Crippen LogP contribution in [0.25, 0.3) is 0 Å². The summed E-state index contributed by atoms with van der Waals surface area (Å²) in [5.74, 6) is -0.0643. The molecule has 1 aromatic carbocycles. The van der Waals surface area contributed by atoms with E-state index in [0.29, 0.717) is 19.3 Å². The average Bonchev–Trinajstić information content (AvgIpc) is 2.70. The van der Waals surface area contributed by atoms with E-state index in [4.69, 9.17) is 9.47 Å². The summed E-state index contributed by atoms with van der Waals surface area (Å²) in [5.41, 5.74) is 1.87. The normalized spacial score (nSPS) is 22.1. The summed E-state index contributed by atoms with van der Waals surface area (Å²) in [4.78, 5) is 28.8. The van der Waals surface area contributed by atoms with Crippen LogP contribution < -0.4 is 5.32 Å². The van der Waals surface area contributed by atoms with Crippen LogP contribution in [-0.4, -0.2) is 29.1 Å². The Morgan fingerprint density at radius 3 is 2.74 bits per heavy atom. The number of ketones is 1. The maximum atomic E-state index is 12.9. The summed E-state index contributed by atoms with van der Waals surface area (Å²) in [6.07, 6.45) is 3.28. The standard InChI is InChI=1S/C21H23N2O4/c1-2-11-26-21(25)27-19-13-16(15-7-4-3-5-8-15)12-18(20(19)24)23-17-9-6-10-22-14-17/h3-11,14,16,18-19,23H,2,12-13H2,1H3. The van der Waals surface area contributed by atoms with E-state index in [1.807, 2.05) is 43.3 Å². The number of Topliss-reactive ketones (excluding diaryl/α,β-unsaturated/α-hetero) is 1. The zero-order valence-corrected chi connectivity index (χ0v) is 15.2. The van der Waals surface area contributed by atoms with Gasteiger partial charge < -0.3 is 14.8 Å². The number of benzene rings is 1. The van der Waals surface area contributed by atoms with Gasteiger partial charge in [0.05, 0.1) is 11.7 Å². The first kappa shape index (κ1) is 18.9. The molecule has 1 aliphatic rings. The summed E-state index contributed by atoms with van der Waals surface area (Å²) in [6.45, 7) is 3.20. The van der Waals surface area contributed by atoms with Gasteiger partial charge in [-0.25, -0.2) is 4.79 Å². The average molecular weight is 367 g/mol. The summed E-state index contributed by atoms with van der Waals surface area (Å²) in [6, 6.07) is 13.1. The Morgan fingerprint density at radius 2 is 2.04 bits per heavy atom. The maximum Gasteiger partial charge on any atom is 0.509 e. The monoisotopic (exact) mass is 367 g/mol. The number of nitrogens with zero attached hydrogens (tertiary/aromatic N) is 1. The van der Waals surface area contributed by atoms with Gasteiger partial charge in [-0.05, 0) is 42.9 Å². The zero-order valence-electron chi connectivity index (χ0n) is 15.2. The van der Waals surface area contributed by atoms with Crippen LogP contribution >= 0.6 is 0 Å². The van der Waals surface area contributed by atoms with E-state index < -0.39 is 18.3 Å². The first-order valence-electron chi connectivity index (χ1n) is 9.11. The molecular formula is C21H23N2O4. The quantitative estimate of drug-likeness (QED) is 0.775. The summed E-state index contributed by atoms with van der Waals surface area (Å²) < 4.78 is 10.2. The van der Waals surface area contributed by atoms with Crippen LogP contribution in [0.3, 0.4) is 0 Å². The molecular weight excluding hydrogens is 344 g/mol. The third-order valence-corrected chi connectivity index (χ3v) is 4.54. The van der Waals surface area contributed by atoms with Gasteiger partial charge in [-0.3, -0.25) is 9.78 Å². The van der Waals surface area contributed by atoms with E-state index >= 15 is 0 Å². The van der Waals surface area contributed by atoms with E-state index in [0.717, 1.165) is 11.3 Å². The van der Waals surface area contributed by atoms with Crippen molar-refractivity contribution in [2.75, 3.05) is 5.32 Å². The van der Waals surface area contributed by atoms with Crippen molar-refractivity contribution >= 4 is 17.6 Å². The highest BCUT2D eigenvalue weighted by molar-refractivity contribution is 5.92. The molecule has 1 aliphatic carbocycles. The van der Waals surface area contributed by atoms with Gasteiger partial charge >= 0.3 is 6.16 Å². The molecule has 0 aliphatic heterocycles. The van der Waals surface area contributed by atoms with Crippen molar-refractivity contribution in [3.8, 4) is 0 Å². The first-order chi connectivity index (χ1) is 13.2. The van der Waals surface area contributed by atoms with Crippen molar-refractivity contribution in [1.29, 1.82) is 0 Å². The van der Waals surface area contributed by atoms with Crippen molar-refractivity contribution in [2.45, 2.75) is 44.2 Å². The van der Waals surface area contributed by atoms with Crippen LogP contribution in [-0.2, 0) is 14.3 Å². The highest BCUT2D eigenvalue weighted by atomic mass is 16.7. The second kappa shape index (κ2) is 9.16. The number of pyridine rings is 1. The third kappa shape index (κ3) is 5.06. The molecule has 0 amide bonds. The SMILES string of the molecule is CC[CH]OC(=O)OC1CC(c2ccccc2)CC(Nc2cccnc2)C1=O. The number of carbonyl (C=O) groups is 2. The number of nitrogens with one attached hydrogen (secondary N) is 1. The predicted molar refractivity (Wildman–Crippen MR) is 101 cm³/mol. The Morgan fingerprint density at radius 1 is 1.22 bits per heavy atom. The summed E-state index contributed by atoms with van der Waals surface area (Å²) >= 11 is 0. The minimum absolute atomic E-state index is 0.0889. The van der Waals surface area contributed by atoms with Crippen LogP contribution in [0.2, 0.25) is 0 Å². The Balaban J connectivity index is 1.77. The first-order valence-corrected chi connectivity index (χ1v) is 9.11. The molecule has 1 radical (unpaired) electrons. The topological polar surface area (TPSA) is 77.5 Å². The molecule has 6 nitrogen and oxygen atoms in total. The number of carbonyl (C=O) groups excluding carboxylic acids is 2. The number of ether oxygens (including phenoxy) is 2. The molecule has 2 aromatic rings. The van der Waals surface area contributed by atoms with Crippen molar-refractivity contribution < 1.29 is 19.1 Å². The fraction of sp³-hybridized carbons (Fsp3) is 0.333. The van der Waals surface area contributed by atoms with Crippen LogP contribution in [0.15, 0.2) is 54.9 Å². The lowest BCUT2D eigenvalue weighted by atomic mass is 9.79. The molecule has 1 saturated carbocycles. The van der Waals surface area contributed by atoms with Gasteiger partial charge in [-0.1, -0.05) is 37.3 Å². The van der Waals surface area contributed by atoms with E-state index in [1.165, 1.54) is 6.61 Å². The minimum Gasteiger partial charge on any atom is -0.427 e. The van der Waals surface area contributed by atoms with Gasteiger partial charge in [0, 0.05) is 12.4 Å². The van der Waals surface area contributed by atoms with Gasteiger partial charge in [0.1, 0.15) is 6.61 Å². The second-order valence-electron chi connectivity index (χ2n) is 6.47. The molecule has 3 atom stereocenters. The molecule has 3 rings (SSSR count). The third-order valence-electron chi connectivity index (χ3n) is 4.54. The number of hydrogen-bond donors (Lipinski definition) is 1. The number of anilines is 1. The lowest BCUT2D eigenvalue weighted by Gasteiger charge is -2.34. The molecule has 1 heterocycles. The Hall–Kier alpha value is -2.89. The minimum atomic E-state index is -0.851. The highest BCUT2D eigenvalue weighted by Gasteiger charge is 2.39. The van der Waals surface area contributed by atoms with Gasteiger partial charge in [0.15, 0.2) is 11.9 Å². The van der Waals surface area contributed by atoms with Crippen LogP contribution in [0, 0.1) is 6.61 Å². The highest BCUT2D eigenvalue weighted by Crippen LogP contribution is 2.34.